The fraction of sp³-hybridized carbons (Fsp3) is 0.786. The highest BCUT2D eigenvalue weighted by Crippen LogP contribution is 2.30. The molecule has 7 nitrogen and oxygen atoms in total. The Balaban J connectivity index is 2.66. The first kappa shape index (κ1) is 17.4. The van der Waals surface area contributed by atoms with Crippen molar-refractivity contribution < 1.29 is 24.2 Å². The van der Waals surface area contributed by atoms with E-state index < -0.39 is 23.4 Å². The highest BCUT2D eigenvalue weighted by molar-refractivity contribution is 5.88. The largest absolute Gasteiger partial charge is 0.480 e. The summed E-state index contributed by atoms with van der Waals surface area (Å²) in [6, 6.07) is -1.07. The van der Waals surface area contributed by atoms with Crippen molar-refractivity contribution in [2.45, 2.75) is 45.1 Å². The van der Waals surface area contributed by atoms with Gasteiger partial charge in [-0.3, -0.25) is 9.59 Å². The third-order valence-electron chi connectivity index (χ3n) is 4.10. The number of hydrogen-bond donors (Lipinski definition) is 3. The first-order chi connectivity index (χ1) is 9.95. The van der Waals surface area contributed by atoms with E-state index in [0.717, 1.165) is 19.4 Å². The van der Waals surface area contributed by atoms with Crippen LogP contribution in [0.1, 0.15) is 39.0 Å². The van der Waals surface area contributed by atoms with Gasteiger partial charge in [-0.2, -0.15) is 0 Å². The lowest BCUT2D eigenvalue weighted by molar-refractivity contribution is -0.146. The highest BCUT2D eigenvalue weighted by atomic mass is 16.5. The molecule has 1 heterocycles. The normalized spacial score (nSPS) is 23.1. The number of carboxylic acid groups (broad SMARTS) is 1. The van der Waals surface area contributed by atoms with Gasteiger partial charge in [-0.05, 0) is 32.2 Å². The van der Waals surface area contributed by atoms with Crippen LogP contribution in [0.3, 0.4) is 0 Å². The summed E-state index contributed by atoms with van der Waals surface area (Å²) in [6.07, 6.45) is 2.27. The second-order valence-electron chi connectivity index (χ2n) is 5.39. The number of nitrogens with one attached hydrogen (secondary N) is 2. The number of esters is 1. The molecule has 3 N–H and O–H groups in total. The van der Waals surface area contributed by atoms with Crippen LogP contribution in [0.5, 0.6) is 0 Å². The lowest BCUT2D eigenvalue weighted by Crippen LogP contribution is -2.54. The van der Waals surface area contributed by atoms with Crippen LogP contribution in [-0.2, 0) is 19.1 Å². The predicted molar refractivity (Wildman–Crippen MR) is 75.6 cm³/mol. The van der Waals surface area contributed by atoms with Crippen LogP contribution in [0, 0.1) is 5.41 Å². The number of carbonyl (C=O) groups is 3. The first-order valence-electron chi connectivity index (χ1n) is 7.26. The van der Waals surface area contributed by atoms with Gasteiger partial charge in [0.15, 0.2) is 0 Å². The Morgan fingerprint density at radius 1 is 1.43 bits per heavy atom. The van der Waals surface area contributed by atoms with Crippen molar-refractivity contribution in [3.63, 3.8) is 0 Å². The molecule has 1 aliphatic rings. The maximum Gasteiger partial charge on any atom is 0.326 e. The smallest absolute Gasteiger partial charge is 0.326 e. The zero-order chi connectivity index (χ0) is 15.9. The van der Waals surface area contributed by atoms with Gasteiger partial charge in [0.2, 0.25) is 5.91 Å². The Kier molecular flexibility index (Phi) is 6.61. The fourth-order valence-corrected chi connectivity index (χ4v) is 2.56. The fourth-order valence-electron chi connectivity index (χ4n) is 2.56. The second kappa shape index (κ2) is 7.97. The predicted octanol–water partition coefficient (Wildman–Crippen LogP) is 0.289. The molecular weight excluding hydrogens is 276 g/mol. The molecule has 0 bridgehead atoms. The molecule has 0 aromatic heterocycles. The highest BCUT2D eigenvalue weighted by Gasteiger charge is 2.39. The monoisotopic (exact) mass is 300 g/mol. The van der Waals surface area contributed by atoms with Gasteiger partial charge in [-0.15, -0.1) is 0 Å². The average Bonchev–Trinajstić information content (AvgIpc) is 2.50. The van der Waals surface area contributed by atoms with Crippen molar-refractivity contribution in [2.24, 2.45) is 5.41 Å². The molecule has 1 unspecified atom stereocenters. The number of amides is 1. The number of ether oxygens (including phenoxy) is 1. The van der Waals surface area contributed by atoms with Gasteiger partial charge in [-0.1, -0.05) is 6.92 Å². The number of hydrogen-bond acceptors (Lipinski definition) is 5. The van der Waals surface area contributed by atoms with Gasteiger partial charge < -0.3 is 20.5 Å². The van der Waals surface area contributed by atoms with Gasteiger partial charge in [0.25, 0.3) is 0 Å². The summed E-state index contributed by atoms with van der Waals surface area (Å²) in [7, 11) is 1.25. The van der Waals surface area contributed by atoms with E-state index in [1.165, 1.54) is 7.11 Å². The van der Waals surface area contributed by atoms with Crippen molar-refractivity contribution in [3.8, 4) is 0 Å². The van der Waals surface area contributed by atoms with E-state index in [4.69, 9.17) is 0 Å². The maximum absolute atomic E-state index is 12.4. The van der Waals surface area contributed by atoms with E-state index in [2.05, 4.69) is 15.4 Å². The van der Waals surface area contributed by atoms with E-state index in [0.29, 0.717) is 13.0 Å². The lowest BCUT2D eigenvalue weighted by Gasteiger charge is -2.36. The van der Waals surface area contributed by atoms with Gasteiger partial charge in [0.05, 0.1) is 12.5 Å². The molecule has 0 aromatic rings. The van der Waals surface area contributed by atoms with E-state index >= 15 is 0 Å². The van der Waals surface area contributed by atoms with Crippen molar-refractivity contribution in [1.29, 1.82) is 0 Å². The van der Waals surface area contributed by atoms with Crippen LogP contribution in [0.4, 0.5) is 0 Å². The summed E-state index contributed by atoms with van der Waals surface area (Å²) in [5.41, 5.74) is -0.558. The molecule has 1 rings (SSSR count). The first-order valence-corrected chi connectivity index (χ1v) is 7.26. The SMILES string of the molecule is CCC1(C(=O)N[C@H](CCC(=O)OC)C(=O)O)CCCNC1. The average molecular weight is 300 g/mol. The summed E-state index contributed by atoms with van der Waals surface area (Å²) >= 11 is 0. The third-order valence-corrected chi connectivity index (χ3v) is 4.10. The topological polar surface area (TPSA) is 105 Å². The van der Waals surface area contributed by atoms with E-state index in [1.54, 1.807) is 0 Å². The quantitative estimate of drug-likeness (QED) is 0.584. The number of carboxylic acids is 1. The molecule has 0 radical (unpaired) electrons. The van der Waals surface area contributed by atoms with Crippen molar-refractivity contribution in [1.82, 2.24) is 10.6 Å². The standard InChI is InChI=1S/C14H24N2O5/c1-3-14(7-4-8-15-9-14)13(20)16-10(12(18)19)5-6-11(17)21-2/h10,15H,3-9H2,1-2H3,(H,16,20)(H,18,19)/t10-,14?/m1/s1. The number of carbonyl (C=O) groups excluding carboxylic acids is 2. The molecule has 1 amide bonds. The second-order valence-corrected chi connectivity index (χ2v) is 5.39. The van der Waals surface area contributed by atoms with Gasteiger partial charge in [0, 0.05) is 13.0 Å². The molecule has 0 aliphatic carbocycles. The Labute approximate surface area is 124 Å². The van der Waals surface area contributed by atoms with Crippen LogP contribution >= 0.6 is 0 Å². The molecule has 120 valence electrons. The zero-order valence-electron chi connectivity index (χ0n) is 12.6. The van der Waals surface area contributed by atoms with E-state index in [1.807, 2.05) is 6.92 Å². The Bertz CT molecular complexity index is 391. The number of rotatable bonds is 7. The third kappa shape index (κ3) is 4.70. The molecule has 0 spiro atoms. The van der Waals surface area contributed by atoms with Gasteiger partial charge >= 0.3 is 11.9 Å². The molecule has 7 heteroatoms. The van der Waals surface area contributed by atoms with Crippen molar-refractivity contribution >= 4 is 17.8 Å². The summed E-state index contributed by atoms with van der Waals surface area (Å²) in [5.74, 6) is -1.88. The molecule has 1 aliphatic heterocycles. The molecule has 21 heavy (non-hydrogen) atoms. The zero-order valence-corrected chi connectivity index (χ0v) is 12.6. The minimum atomic E-state index is -1.14. The van der Waals surface area contributed by atoms with Crippen LogP contribution in [0.15, 0.2) is 0 Å². The Morgan fingerprint density at radius 3 is 2.62 bits per heavy atom. The lowest BCUT2D eigenvalue weighted by atomic mass is 9.77. The summed E-state index contributed by atoms with van der Waals surface area (Å²) in [5, 5.41) is 14.9. The number of piperidine rings is 1. The van der Waals surface area contributed by atoms with Crippen LogP contribution < -0.4 is 10.6 Å². The van der Waals surface area contributed by atoms with Gasteiger partial charge in [-0.25, -0.2) is 4.79 Å². The molecule has 0 saturated carbocycles. The van der Waals surface area contributed by atoms with Crippen molar-refractivity contribution in [2.75, 3.05) is 20.2 Å². The van der Waals surface area contributed by atoms with E-state index in [-0.39, 0.29) is 18.7 Å². The van der Waals surface area contributed by atoms with Crippen LogP contribution in [0.2, 0.25) is 0 Å². The summed E-state index contributed by atoms with van der Waals surface area (Å²) in [6.45, 7) is 3.36. The molecule has 1 saturated heterocycles. The molecule has 2 atom stereocenters. The van der Waals surface area contributed by atoms with Crippen LogP contribution in [0.25, 0.3) is 0 Å². The molecular formula is C14H24N2O5. The van der Waals surface area contributed by atoms with E-state index in [9.17, 15) is 19.5 Å². The minimum absolute atomic E-state index is 0.0287. The Hall–Kier alpha value is -1.63. The summed E-state index contributed by atoms with van der Waals surface area (Å²) < 4.78 is 4.49. The molecule has 1 fully saturated rings. The van der Waals surface area contributed by atoms with Crippen LogP contribution in [-0.4, -0.2) is 49.2 Å². The Morgan fingerprint density at radius 2 is 2.14 bits per heavy atom. The molecule has 0 aromatic carbocycles. The number of methoxy groups -OCH3 is 1. The maximum atomic E-state index is 12.4. The van der Waals surface area contributed by atoms with Crippen molar-refractivity contribution in [3.05, 3.63) is 0 Å². The summed E-state index contributed by atoms with van der Waals surface area (Å²) in [4.78, 5) is 34.8. The minimum Gasteiger partial charge on any atom is -0.480 e. The van der Waals surface area contributed by atoms with Gasteiger partial charge in [0.1, 0.15) is 6.04 Å². The number of aliphatic carboxylic acids is 1.